The van der Waals surface area contributed by atoms with Crippen LogP contribution in [0.15, 0.2) is 74.9 Å². The predicted octanol–water partition coefficient (Wildman–Crippen LogP) is 5.80. The summed E-state index contributed by atoms with van der Waals surface area (Å²) in [4.78, 5) is 17.3. The zero-order chi connectivity index (χ0) is 20.5. The minimum absolute atomic E-state index is 0.197. The van der Waals surface area contributed by atoms with Gasteiger partial charge in [-0.15, -0.1) is 0 Å². The van der Waals surface area contributed by atoms with E-state index in [-0.39, 0.29) is 5.56 Å². The zero-order valence-electron chi connectivity index (χ0n) is 15.8. The van der Waals surface area contributed by atoms with Gasteiger partial charge < -0.3 is 4.42 Å². The Morgan fingerprint density at radius 1 is 1.03 bits per heavy atom. The van der Waals surface area contributed by atoms with Crippen LogP contribution >= 0.6 is 23.2 Å². The van der Waals surface area contributed by atoms with Gasteiger partial charge in [-0.25, -0.2) is 9.67 Å². The van der Waals surface area contributed by atoms with E-state index < -0.39 is 0 Å². The highest BCUT2D eigenvalue weighted by Gasteiger charge is 2.15. The molecule has 0 amide bonds. The molecule has 0 aliphatic heterocycles. The van der Waals surface area contributed by atoms with Gasteiger partial charge in [0.1, 0.15) is 11.5 Å². The fourth-order valence-electron chi connectivity index (χ4n) is 3.08. The molecule has 7 heteroatoms. The Hall–Kier alpha value is -3.02. The lowest BCUT2D eigenvalue weighted by atomic mass is 10.2. The van der Waals surface area contributed by atoms with Crippen LogP contribution in [-0.4, -0.2) is 15.6 Å². The van der Waals surface area contributed by atoms with Crippen molar-refractivity contribution in [1.29, 1.82) is 0 Å². The van der Waals surface area contributed by atoms with Crippen LogP contribution in [0.25, 0.3) is 17.0 Å². The van der Waals surface area contributed by atoms with Gasteiger partial charge in [0.05, 0.1) is 22.6 Å². The average molecular weight is 426 g/mol. The van der Waals surface area contributed by atoms with E-state index in [0.29, 0.717) is 32.8 Å². The normalized spacial score (nSPS) is 11.4. The Labute approximate surface area is 177 Å². The maximum atomic E-state index is 12.9. The summed E-state index contributed by atoms with van der Waals surface area (Å²) in [6.45, 7) is 1.85. The maximum Gasteiger partial charge on any atom is 0.297 e. The molecule has 2 heterocycles. The lowest BCUT2D eigenvalue weighted by molar-refractivity contribution is 0.575. The number of furan rings is 1. The molecule has 2 aromatic carbocycles. The molecule has 0 spiro atoms. The standard InChI is InChI=1S/C22H17Cl2N3O2/c1-14-21(22(28)27(26(14)2)16-6-4-3-5-7-16)25-13-17-9-11-20(29-17)18-12-15(23)8-10-19(18)24/h3-13H,1-2H3. The highest BCUT2D eigenvalue weighted by atomic mass is 35.5. The van der Waals surface area contributed by atoms with Crippen molar-refractivity contribution in [3.05, 3.63) is 92.5 Å². The summed E-state index contributed by atoms with van der Waals surface area (Å²) in [6, 6.07) is 18.2. The largest absolute Gasteiger partial charge is 0.455 e. The molecule has 0 aliphatic rings. The number of rotatable bonds is 4. The number of aliphatic imine (C=N–C) groups is 1. The van der Waals surface area contributed by atoms with Gasteiger partial charge in [0.2, 0.25) is 0 Å². The van der Waals surface area contributed by atoms with Gasteiger partial charge in [-0.05, 0) is 49.4 Å². The molecule has 4 rings (SSSR count). The molecule has 0 aliphatic carbocycles. The molecule has 5 nitrogen and oxygen atoms in total. The second-order valence-corrected chi connectivity index (χ2v) is 7.34. The van der Waals surface area contributed by atoms with Gasteiger partial charge in [0.15, 0.2) is 5.69 Å². The molecule has 0 N–H and O–H groups in total. The molecule has 0 saturated carbocycles. The first-order valence-electron chi connectivity index (χ1n) is 8.89. The highest BCUT2D eigenvalue weighted by Crippen LogP contribution is 2.31. The zero-order valence-corrected chi connectivity index (χ0v) is 17.3. The Morgan fingerprint density at radius 3 is 2.55 bits per heavy atom. The van der Waals surface area contributed by atoms with E-state index in [1.807, 2.05) is 44.3 Å². The van der Waals surface area contributed by atoms with Gasteiger partial charge in [0.25, 0.3) is 5.56 Å². The van der Waals surface area contributed by atoms with E-state index in [0.717, 1.165) is 11.4 Å². The summed E-state index contributed by atoms with van der Waals surface area (Å²) in [7, 11) is 1.83. The smallest absolute Gasteiger partial charge is 0.297 e. The number of aromatic nitrogens is 2. The summed E-state index contributed by atoms with van der Waals surface area (Å²) in [5.74, 6) is 1.08. The third-order valence-electron chi connectivity index (χ3n) is 4.67. The van der Waals surface area contributed by atoms with Crippen molar-refractivity contribution >= 4 is 35.1 Å². The van der Waals surface area contributed by atoms with Gasteiger partial charge in [0, 0.05) is 17.6 Å². The summed E-state index contributed by atoms with van der Waals surface area (Å²) in [6.07, 6.45) is 1.53. The van der Waals surface area contributed by atoms with Crippen molar-refractivity contribution in [2.45, 2.75) is 6.92 Å². The number of benzene rings is 2. The predicted molar refractivity (Wildman–Crippen MR) is 117 cm³/mol. The molecule has 0 saturated heterocycles. The van der Waals surface area contributed by atoms with Crippen LogP contribution in [-0.2, 0) is 7.05 Å². The van der Waals surface area contributed by atoms with Crippen LogP contribution in [0.5, 0.6) is 0 Å². The molecular weight excluding hydrogens is 409 g/mol. The van der Waals surface area contributed by atoms with Crippen LogP contribution in [0.1, 0.15) is 11.5 Å². The van der Waals surface area contributed by atoms with E-state index >= 15 is 0 Å². The van der Waals surface area contributed by atoms with Crippen molar-refractivity contribution in [3.8, 4) is 17.0 Å². The lowest BCUT2D eigenvalue weighted by Gasteiger charge is -2.07. The molecular formula is C22H17Cl2N3O2. The Morgan fingerprint density at radius 2 is 1.79 bits per heavy atom. The van der Waals surface area contributed by atoms with Crippen LogP contribution in [0.4, 0.5) is 5.69 Å². The summed E-state index contributed by atoms with van der Waals surface area (Å²) < 4.78 is 9.19. The molecule has 29 heavy (non-hydrogen) atoms. The fourth-order valence-corrected chi connectivity index (χ4v) is 3.47. The van der Waals surface area contributed by atoms with Crippen molar-refractivity contribution in [1.82, 2.24) is 9.36 Å². The number of nitrogens with zero attached hydrogens (tertiary/aromatic N) is 3. The fraction of sp³-hybridized carbons (Fsp3) is 0.0909. The molecule has 0 atom stereocenters. The molecule has 0 unspecified atom stereocenters. The van der Waals surface area contributed by atoms with Gasteiger partial charge >= 0.3 is 0 Å². The number of halogens is 2. The minimum atomic E-state index is -0.197. The van der Waals surface area contributed by atoms with Gasteiger partial charge in [-0.3, -0.25) is 9.48 Å². The van der Waals surface area contributed by atoms with Crippen LogP contribution < -0.4 is 5.56 Å². The summed E-state index contributed by atoms with van der Waals surface area (Å²) in [5, 5.41) is 1.11. The van der Waals surface area contributed by atoms with E-state index in [2.05, 4.69) is 4.99 Å². The van der Waals surface area contributed by atoms with Gasteiger partial charge in [-0.1, -0.05) is 41.4 Å². The van der Waals surface area contributed by atoms with E-state index in [1.165, 1.54) is 6.21 Å². The number of hydrogen-bond donors (Lipinski definition) is 0. The Kier molecular flexibility index (Phi) is 5.18. The topological polar surface area (TPSA) is 52.4 Å². The quantitative estimate of drug-likeness (QED) is 0.387. The van der Waals surface area contributed by atoms with Crippen LogP contribution in [0.3, 0.4) is 0 Å². The number of hydrogen-bond acceptors (Lipinski definition) is 3. The van der Waals surface area contributed by atoms with Crippen molar-refractivity contribution in [2.75, 3.05) is 0 Å². The van der Waals surface area contributed by atoms with Crippen molar-refractivity contribution < 1.29 is 4.42 Å². The third-order valence-corrected chi connectivity index (χ3v) is 5.23. The Bertz CT molecular complexity index is 1270. The molecule has 0 bridgehead atoms. The van der Waals surface area contributed by atoms with E-state index in [1.54, 1.807) is 39.7 Å². The van der Waals surface area contributed by atoms with E-state index in [9.17, 15) is 4.79 Å². The monoisotopic (exact) mass is 425 g/mol. The first-order chi connectivity index (χ1) is 14.0. The first-order valence-corrected chi connectivity index (χ1v) is 9.64. The highest BCUT2D eigenvalue weighted by molar-refractivity contribution is 6.35. The second-order valence-electron chi connectivity index (χ2n) is 6.49. The van der Waals surface area contributed by atoms with E-state index in [4.69, 9.17) is 27.6 Å². The first kappa shape index (κ1) is 19.3. The molecule has 2 aromatic heterocycles. The van der Waals surface area contributed by atoms with Crippen LogP contribution in [0, 0.1) is 6.92 Å². The molecule has 0 radical (unpaired) electrons. The second kappa shape index (κ2) is 7.78. The third kappa shape index (κ3) is 3.67. The lowest BCUT2D eigenvalue weighted by Crippen LogP contribution is -2.19. The molecule has 4 aromatic rings. The SMILES string of the molecule is Cc1c(N=Cc2ccc(-c3cc(Cl)ccc3Cl)o2)c(=O)n(-c2ccccc2)n1C. The summed E-state index contributed by atoms with van der Waals surface area (Å²) in [5.41, 5.74) is 2.38. The molecule has 146 valence electrons. The Balaban J connectivity index is 1.68. The number of para-hydroxylation sites is 1. The van der Waals surface area contributed by atoms with Crippen LogP contribution in [0.2, 0.25) is 10.0 Å². The van der Waals surface area contributed by atoms with Crippen molar-refractivity contribution in [3.63, 3.8) is 0 Å². The average Bonchev–Trinajstić information content (AvgIpc) is 3.26. The van der Waals surface area contributed by atoms with Gasteiger partial charge in [-0.2, -0.15) is 0 Å². The maximum absolute atomic E-state index is 12.9. The van der Waals surface area contributed by atoms with Crippen molar-refractivity contribution in [2.24, 2.45) is 12.0 Å². The summed E-state index contributed by atoms with van der Waals surface area (Å²) >= 11 is 12.3. The minimum Gasteiger partial charge on any atom is -0.455 e. The molecule has 0 fully saturated rings.